The zero-order valence-electron chi connectivity index (χ0n) is 83.2. The fourth-order valence-corrected chi connectivity index (χ4v) is 24.5. The van der Waals surface area contributed by atoms with Crippen LogP contribution in [0.25, 0.3) is 187 Å². The number of para-hydroxylation sites is 3. The zero-order valence-corrected chi connectivity index (χ0v) is 83.2. The molecule has 26 aromatic rings. The molecule has 3 aliphatic rings. The molecule has 24 aromatic carbocycles. The molecule has 0 bridgehead atoms. The summed E-state index contributed by atoms with van der Waals surface area (Å²) in [4.78, 5) is 7.24. The van der Waals surface area contributed by atoms with Crippen molar-refractivity contribution in [2.45, 2.75) is 57.8 Å². The largest absolute Gasteiger partial charge is 0.455 e. The Bertz CT molecular complexity index is 9680. The van der Waals surface area contributed by atoms with Gasteiger partial charge in [0.15, 0.2) is 0 Å². The first-order valence-corrected chi connectivity index (χ1v) is 51.5. The van der Waals surface area contributed by atoms with E-state index in [9.17, 15) is 0 Å². The topological polar surface area (TPSA) is 36.0 Å². The zero-order chi connectivity index (χ0) is 99.0. The van der Waals surface area contributed by atoms with Gasteiger partial charge in [0.2, 0.25) is 0 Å². The van der Waals surface area contributed by atoms with Crippen molar-refractivity contribution in [1.82, 2.24) is 0 Å². The number of hydrogen-bond donors (Lipinski definition) is 0. The monoisotopic (exact) mass is 1890 g/mol. The molecule has 0 amide bonds. The highest BCUT2D eigenvalue weighted by Crippen LogP contribution is 2.59. The lowest BCUT2D eigenvalue weighted by Gasteiger charge is -2.29. The maximum absolute atomic E-state index is 6.59. The molecule has 29 rings (SSSR count). The highest BCUT2D eigenvalue weighted by molar-refractivity contribution is 6.26. The van der Waals surface area contributed by atoms with Gasteiger partial charge in [-0.25, -0.2) is 0 Å². The van der Waals surface area contributed by atoms with Crippen LogP contribution in [-0.4, -0.2) is 0 Å². The van der Waals surface area contributed by atoms with Crippen molar-refractivity contribution < 1.29 is 8.83 Å². The third-order valence-corrected chi connectivity index (χ3v) is 31.8. The van der Waals surface area contributed by atoms with Gasteiger partial charge in [-0.3, -0.25) is 0 Å². The smallest absolute Gasteiger partial charge is 0.143 e. The van der Waals surface area contributed by atoms with Gasteiger partial charge in [-0.2, -0.15) is 0 Å². The van der Waals surface area contributed by atoms with Gasteiger partial charge in [0, 0.05) is 100.0 Å². The molecular formula is C143H103N3O2. The van der Waals surface area contributed by atoms with Gasteiger partial charge in [-0.15, -0.1) is 0 Å². The van der Waals surface area contributed by atoms with Crippen molar-refractivity contribution in [3.8, 4) is 89.0 Å². The van der Waals surface area contributed by atoms with Crippen molar-refractivity contribution in [1.29, 1.82) is 0 Å². The Morgan fingerprint density at radius 2 is 0.493 bits per heavy atom. The standard InChI is InChI=1S/2C49H35NO.C45H33N/c1-49(2)43-19-11-20-44(46(43)42-31-26-34-14-6-7-15-38(34)47(42)49)50(36-27-22-33(23-28-36)32-12-4-3-5-13-32)37-29-24-35(25-30-37)39-17-10-18-41-40-16-8-9-21-45(40)51-48(39)41;1-49(2)44-18-9-8-15-41(44)42-29-28-38(31-45(42)49)50(36-24-19-33(20-25-36)32-11-4-3-5-12-32)37-26-21-35(22-27-37)40-16-10-17-43-47-39-14-7-6-13-34(39)23-30-46(47)51-48(40)43;1-45(2)43-19-11-10-18-40(43)41-27-25-34(29-44(41)45)46(32-22-20-31(21-23-32)30-12-4-3-5-13-30)33-24-26-39-37-16-7-6-14-35(37)36-15-8-9-17-38(36)42(39)28-33/h2*3-31H,1-2H3;3-29H,1-2H3. The number of fused-ring (bicyclic) bond motifs is 25. The van der Waals surface area contributed by atoms with Crippen LogP contribution in [0.15, 0.2) is 524 Å². The van der Waals surface area contributed by atoms with Crippen molar-refractivity contribution >= 4 is 149 Å². The first kappa shape index (κ1) is 88.5. The Hall–Kier alpha value is -18.4. The van der Waals surface area contributed by atoms with Crippen molar-refractivity contribution in [2.24, 2.45) is 0 Å². The Balaban J connectivity index is 0.000000110. The fourth-order valence-electron chi connectivity index (χ4n) is 24.5. The van der Waals surface area contributed by atoms with Crippen molar-refractivity contribution in [2.75, 3.05) is 14.7 Å². The highest BCUT2D eigenvalue weighted by Gasteiger charge is 2.41. The summed E-state index contributed by atoms with van der Waals surface area (Å²) in [7, 11) is 0. The van der Waals surface area contributed by atoms with Crippen LogP contribution in [0.2, 0.25) is 0 Å². The Labute approximate surface area is 862 Å². The first-order valence-electron chi connectivity index (χ1n) is 51.5. The van der Waals surface area contributed by atoms with E-state index >= 15 is 0 Å². The van der Waals surface area contributed by atoms with Gasteiger partial charge in [-0.1, -0.05) is 442 Å². The van der Waals surface area contributed by atoms with E-state index in [0.29, 0.717) is 0 Å². The Kier molecular flexibility index (Phi) is 21.3. The van der Waals surface area contributed by atoms with Crippen LogP contribution in [-0.2, 0) is 16.2 Å². The molecular weight excluding hydrogens is 1790 g/mol. The summed E-state index contributed by atoms with van der Waals surface area (Å²) in [5.41, 5.74) is 41.4. The second-order valence-electron chi connectivity index (χ2n) is 41.2. The lowest BCUT2D eigenvalue weighted by atomic mass is 9.80. The molecule has 0 atom stereocenters. The van der Waals surface area contributed by atoms with Gasteiger partial charge >= 0.3 is 0 Å². The van der Waals surface area contributed by atoms with E-state index in [0.717, 1.165) is 106 Å². The van der Waals surface area contributed by atoms with Gasteiger partial charge in [0.1, 0.15) is 22.3 Å². The molecule has 2 heterocycles. The van der Waals surface area contributed by atoms with Gasteiger partial charge in [0.05, 0.1) is 5.69 Å². The number of nitrogens with zero attached hydrogens (tertiary/aromatic N) is 3. The molecule has 0 aliphatic heterocycles. The number of benzene rings is 24. The molecule has 0 fully saturated rings. The summed E-state index contributed by atoms with van der Waals surface area (Å²) < 4.78 is 13.0. The second kappa shape index (κ2) is 35.6. The van der Waals surface area contributed by atoms with E-state index in [2.05, 4.69) is 560 Å². The molecule has 5 nitrogen and oxygen atoms in total. The third-order valence-electron chi connectivity index (χ3n) is 31.8. The maximum Gasteiger partial charge on any atom is 0.143 e. The van der Waals surface area contributed by atoms with E-state index in [1.807, 2.05) is 12.1 Å². The third kappa shape index (κ3) is 14.8. The quantitative estimate of drug-likeness (QED) is 0.101. The van der Waals surface area contributed by atoms with Crippen LogP contribution in [0.1, 0.15) is 74.9 Å². The molecule has 0 saturated heterocycles. The van der Waals surface area contributed by atoms with E-state index in [1.165, 1.54) is 165 Å². The van der Waals surface area contributed by atoms with E-state index in [-0.39, 0.29) is 16.2 Å². The van der Waals surface area contributed by atoms with E-state index in [4.69, 9.17) is 8.83 Å². The van der Waals surface area contributed by atoms with Gasteiger partial charge in [-0.05, 0) is 275 Å². The Morgan fingerprint density at radius 1 is 0.169 bits per heavy atom. The van der Waals surface area contributed by atoms with Crippen LogP contribution in [0.3, 0.4) is 0 Å². The molecule has 0 unspecified atom stereocenters. The summed E-state index contributed by atoms with van der Waals surface area (Å²) in [5.74, 6) is 0. The van der Waals surface area contributed by atoms with E-state index in [1.54, 1.807) is 0 Å². The summed E-state index contributed by atoms with van der Waals surface area (Å²) in [6, 6.07) is 187. The number of hydrogen-bond acceptors (Lipinski definition) is 5. The van der Waals surface area contributed by atoms with Gasteiger partial charge in [0.25, 0.3) is 0 Å². The normalized spacial score (nSPS) is 13.1. The average Bonchev–Trinajstić information content (AvgIpc) is 1.54. The molecule has 0 spiro atoms. The Morgan fingerprint density at radius 3 is 1.01 bits per heavy atom. The predicted molar refractivity (Wildman–Crippen MR) is 625 cm³/mol. The molecule has 2 aromatic heterocycles. The first-order chi connectivity index (χ1) is 72.7. The van der Waals surface area contributed by atoms with Crippen LogP contribution in [0, 0.1) is 0 Å². The summed E-state index contributed by atoms with van der Waals surface area (Å²) in [5, 5.41) is 17.4. The number of furan rings is 2. The molecule has 5 heteroatoms. The van der Waals surface area contributed by atoms with Gasteiger partial charge < -0.3 is 23.5 Å². The van der Waals surface area contributed by atoms with Crippen LogP contribution in [0.5, 0.6) is 0 Å². The fraction of sp³-hybridized carbons (Fsp3) is 0.0629. The molecule has 3 aliphatic carbocycles. The summed E-state index contributed by atoms with van der Waals surface area (Å²) >= 11 is 0. The minimum atomic E-state index is -0.153. The minimum absolute atomic E-state index is 0.0801. The molecule has 0 saturated carbocycles. The summed E-state index contributed by atoms with van der Waals surface area (Å²) in [6.45, 7) is 14.1. The minimum Gasteiger partial charge on any atom is -0.455 e. The lowest BCUT2D eigenvalue weighted by Crippen LogP contribution is -2.16. The average molecular weight is 1900 g/mol. The predicted octanol–water partition coefficient (Wildman–Crippen LogP) is 40.3. The molecule has 0 radical (unpaired) electrons. The van der Waals surface area contributed by atoms with E-state index < -0.39 is 0 Å². The lowest BCUT2D eigenvalue weighted by molar-refractivity contribution is 0.660. The molecule has 148 heavy (non-hydrogen) atoms. The van der Waals surface area contributed by atoms with Crippen molar-refractivity contribution in [3.05, 3.63) is 549 Å². The summed E-state index contributed by atoms with van der Waals surface area (Å²) in [6.07, 6.45) is 0. The van der Waals surface area contributed by atoms with Crippen LogP contribution in [0.4, 0.5) is 51.2 Å². The molecule has 0 N–H and O–H groups in total. The van der Waals surface area contributed by atoms with Crippen molar-refractivity contribution in [3.63, 3.8) is 0 Å². The maximum atomic E-state index is 6.59. The van der Waals surface area contributed by atoms with Crippen LogP contribution < -0.4 is 14.7 Å². The number of anilines is 9. The van der Waals surface area contributed by atoms with Crippen LogP contribution >= 0.6 is 0 Å². The second-order valence-corrected chi connectivity index (χ2v) is 41.2. The molecule has 702 valence electrons. The number of rotatable bonds is 14. The SMILES string of the molecule is CC1(C)c2cccc(N(c3ccc(-c4ccccc4)cc3)c3ccc(-c4cccc5c4oc4ccccc45)cc3)c2-c2ccc3ccccc3c21.CC1(C)c2ccccc2-c2ccc(N(c3ccc(-c4ccccc4)cc3)c3ccc(-c4cccc5c4oc4ccc6ccccc6c45)cc3)cc21.CC1(C)c2ccccc2-c2ccc(N(c3ccc(-c4ccccc4)cc3)c3ccc4c5ccccc5c5ccccc5c4c3)cc21. The highest BCUT2D eigenvalue weighted by atomic mass is 16.3.